The van der Waals surface area contributed by atoms with E-state index in [0.29, 0.717) is 6.42 Å². The second-order valence-electron chi connectivity index (χ2n) is 7.70. The largest absolute Gasteiger partial charge is 0.389 e. The molecule has 1 saturated heterocycles. The summed E-state index contributed by atoms with van der Waals surface area (Å²) in [5.74, 6) is -5.44. The Balaban J connectivity index is 1.62. The van der Waals surface area contributed by atoms with Crippen LogP contribution >= 0.6 is 11.3 Å². The van der Waals surface area contributed by atoms with Gasteiger partial charge in [0.15, 0.2) is 23.1 Å². The maximum Gasteiger partial charge on any atom is 0.277 e. The van der Waals surface area contributed by atoms with E-state index in [9.17, 15) is 22.4 Å². The molecule has 33 heavy (non-hydrogen) atoms. The molecule has 14 heteroatoms. The van der Waals surface area contributed by atoms with Gasteiger partial charge in [0.05, 0.1) is 30.7 Å². The SMILES string of the molecule is Cn1ncc(NC(=O)c2nc(-c3c(F)cncc3F)sc2N)c1N1CC[C@@H](N)CC(F)(F)C1. The van der Waals surface area contributed by atoms with Gasteiger partial charge in [0.1, 0.15) is 15.7 Å². The van der Waals surface area contributed by atoms with Crippen molar-refractivity contribution in [1.82, 2.24) is 19.7 Å². The monoisotopic (exact) mass is 484 g/mol. The minimum Gasteiger partial charge on any atom is -0.389 e. The number of carbonyl (C=O) groups is 1. The summed E-state index contributed by atoms with van der Waals surface area (Å²) in [5, 5.41) is 6.42. The smallest absolute Gasteiger partial charge is 0.277 e. The quantitative estimate of drug-likeness (QED) is 0.486. The zero-order chi connectivity index (χ0) is 23.9. The molecule has 4 rings (SSSR count). The van der Waals surface area contributed by atoms with Crippen molar-refractivity contribution in [3.05, 3.63) is 35.9 Å². The third-order valence-corrected chi connectivity index (χ3v) is 6.05. The lowest BCUT2D eigenvalue weighted by Gasteiger charge is -2.26. The molecule has 1 aliphatic rings. The Morgan fingerprint density at radius 3 is 2.67 bits per heavy atom. The van der Waals surface area contributed by atoms with E-state index in [1.165, 1.54) is 15.8 Å². The molecule has 0 aliphatic carbocycles. The first-order valence-corrected chi connectivity index (χ1v) is 10.6. The summed E-state index contributed by atoms with van der Waals surface area (Å²) in [7, 11) is 1.55. The van der Waals surface area contributed by atoms with Crippen LogP contribution < -0.4 is 21.7 Å². The van der Waals surface area contributed by atoms with Crippen molar-refractivity contribution >= 4 is 33.8 Å². The fourth-order valence-electron chi connectivity index (χ4n) is 3.70. The van der Waals surface area contributed by atoms with Crippen LogP contribution in [-0.2, 0) is 7.05 Å². The lowest BCUT2D eigenvalue weighted by atomic mass is 10.1. The maximum absolute atomic E-state index is 14.3. The molecule has 5 N–H and O–H groups in total. The molecule has 3 aromatic rings. The minimum atomic E-state index is -3.02. The number of aromatic nitrogens is 4. The van der Waals surface area contributed by atoms with Crippen molar-refractivity contribution in [3.8, 4) is 10.6 Å². The molecule has 1 atom stereocenters. The Morgan fingerprint density at radius 1 is 1.27 bits per heavy atom. The first-order chi connectivity index (χ1) is 15.6. The number of anilines is 3. The average molecular weight is 484 g/mol. The number of aryl methyl sites for hydroxylation is 1. The highest BCUT2D eigenvalue weighted by Crippen LogP contribution is 2.35. The molecule has 3 aromatic heterocycles. The number of halogens is 4. The number of alkyl halides is 2. The van der Waals surface area contributed by atoms with E-state index in [4.69, 9.17) is 11.5 Å². The predicted molar refractivity (Wildman–Crippen MR) is 115 cm³/mol. The van der Waals surface area contributed by atoms with Crippen LogP contribution in [0.4, 0.5) is 34.1 Å². The fraction of sp³-hybridized carbons (Fsp3) is 0.368. The highest BCUT2D eigenvalue weighted by atomic mass is 32.1. The number of nitrogens with one attached hydrogen (secondary N) is 1. The number of hydrogen-bond donors (Lipinski definition) is 3. The van der Waals surface area contributed by atoms with Crippen LogP contribution in [0.5, 0.6) is 0 Å². The summed E-state index contributed by atoms with van der Waals surface area (Å²) in [4.78, 5) is 21.7. The topological polar surface area (TPSA) is 128 Å². The van der Waals surface area contributed by atoms with Gasteiger partial charge in [-0.2, -0.15) is 5.10 Å². The van der Waals surface area contributed by atoms with E-state index in [2.05, 4.69) is 20.4 Å². The summed E-state index contributed by atoms with van der Waals surface area (Å²) in [5.41, 5.74) is 11.1. The minimum absolute atomic E-state index is 0.0733. The van der Waals surface area contributed by atoms with Crippen LogP contribution in [0.2, 0.25) is 0 Å². The molecule has 0 radical (unpaired) electrons. The number of amides is 1. The number of pyridine rings is 1. The highest BCUT2D eigenvalue weighted by Gasteiger charge is 2.38. The summed E-state index contributed by atoms with van der Waals surface area (Å²) >= 11 is 0.729. The van der Waals surface area contributed by atoms with Crippen molar-refractivity contribution < 1.29 is 22.4 Å². The molecule has 0 bridgehead atoms. The van der Waals surface area contributed by atoms with Gasteiger partial charge in [0.2, 0.25) is 0 Å². The normalized spacial score (nSPS) is 18.2. The maximum atomic E-state index is 14.3. The number of rotatable bonds is 4. The third-order valence-electron chi connectivity index (χ3n) is 5.14. The van der Waals surface area contributed by atoms with Crippen LogP contribution in [0.15, 0.2) is 18.6 Å². The Hall–Kier alpha value is -3.26. The standard InChI is InChI=1S/C19H20F4N8OS/c1-30-18(31-3-2-9(24)4-19(22,23)8-31)12(7-27-30)28-16(32)14-15(25)33-17(29-14)13-10(20)5-26-6-11(13)21/h5-7,9H,2-4,8,24-25H2,1H3,(H,28,32)/t9-/m1/s1. The Bertz CT molecular complexity index is 1180. The second-order valence-corrected chi connectivity index (χ2v) is 8.73. The van der Waals surface area contributed by atoms with Gasteiger partial charge in [-0.15, -0.1) is 0 Å². The van der Waals surface area contributed by atoms with Crippen LogP contribution in [-0.4, -0.2) is 50.7 Å². The van der Waals surface area contributed by atoms with Gasteiger partial charge in [-0.1, -0.05) is 11.3 Å². The zero-order valence-corrected chi connectivity index (χ0v) is 18.2. The third kappa shape index (κ3) is 4.61. The van der Waals surface area contributed by atoms with Crippen molar-refractivity contribution in [3.63, 3.8) is 0 Å². The number of nitrogens with two attached hydrogens (primary N) is 2. The van der Waals surface area contributed by atoms with Gasteiger partial charge < -0.3 is 21.7 Å². The first-order valence-electron chi connectivity index (χ1n) is 9.83. The summed E-state index contributed by atoms with van der Waals surface area (Å²) in [6.45, 7) is -0.352. The number of carbonyl (C=O) groups excluding carboxylic acids is 1. The molecule has 1 fully saturated rings. The summed E-state index contributed by atoms with van der Waals surface area (Å²) in [6.07, 6.45) is 2.84. The van der Waals surface area contributed by atoms with Crippen molar-refractivity contribution in [2.75, 3.05) is 29.0 Å². The fourth-order valence-corrected chi connectivity index (χ4v) is 4.58. The van der Waals surface area contributed by atoms with E-state index in [1.807, 2.05) is 0 Å². The Morgan fingerprint density at radius 2 is 1.97 bits per heavy atom. The molecule has 4 heterocycles. The van der Waals surface area contributed by atoms with Gasteiger partial charge in [-0.05, 0) is 6.42 Å². The average Bonchev–Trinajstić information content (AvgIpc) is 3.23. The zero-order valence-electron chi connectivity index (χ0n) is 17.4. The number of nitrogens with zero attached hydrogens (tertiary/aromatic N) is 5. The Kier molecular flexibility index (Phi) is 5.97. The van der Waals surface area contributed by atoms with Crippen LogP contribution in [0.25, 0.3) is 10.6 Å². The van der Waals surface area contributed by atoms with Crippen LogP contribution in [0.3, 0.4) is 0 Å². The lowest BCUT2D eigenvalue weighted by Crippen LogP contribution is -2.37. The number of thiazole rings is 1. The Labute approximate surface area is 189 Å². The molecule has 176 valence electrons. The van der Waals surface area contributed by atoms with Crippen molar-refractivity contribution in [1.29, 1.82) is 0 Å². The highest BCUT2D eigenvalue weighted by molar-refractivity contribution is 7.19. The second kappa shape index (κ2) is 8.59. The van der Waals surface area contributed by atoms with Crippen LogP contribution in [0.1, 0.15) is 23.3 Å². The molecule has 1 amide bonds. The van der Waals surface area contributed by atoms with E-state index in [-0.39, 0.29) is 33.8 Å². The van der Waals surface area contributed by atoms with Gasteiger partial charge in [0.25, 0.3) is 11.8 Å². The molecule has 0 unspecified atom stereocenters. The van der Waals surface area contributed by atoms with E-state index in [0.717, 1.165) is 23.7 Å². The molecule has 0 spiro atoms. The number of nitrogen functional groups attached to an aromatic ring is 1. The van der Waals surface area contributed by atoms with Gasteiger partial charge in [0, 0.05) is 26.1 Å². The number of hydrogen-bond acceptors (Lipinski definition) is 8. The molecule has 9 nitrogen and oxygen atoms in total. The lowest BCUT2D eigenvalue weighted by molar-refractivity contribution is -0.000527. The molecular formula is C19H20F4N8OS. The van der Waals surface area contributed by atoms with Gasteiger partial charge in [-0.3, -0.25) is 14.5 Å². The first kappa shape index (κ1) is 22.9. The molecule has 1 aliphatic heterocycles. The molecule has 0 aromatic carbocycles. The molecular weight excluding hydrogens is 464 g/mol. The van der Waals surface area contributed by atoms with Gasteiger partial charge in [-0.25, -0.2) is 22.5 Å². The van der Waals surface area contributed by atoms with E-state index >= 15 is 0 Å². The van der Waals surface area contributed by atoms with E-state index in [1.54, 1.807) is 7.05 Å². The summed E-state index contributed by atoms with van der Waals surface area (Å²) < 4.78 is 58.1. The van der Waals surface area contributed by atoms with Crippen molar-refractivity contribution in [2.24, 2.45) is 12.8 Å². The molecule has 0 saturated carbocycles. The van der Waals surface area contributed by atoms with Crippen LogP contribution in [0, 0.1) is 11.6 Å². The summed E-state index contributed by atoms with van der Waals surface area (Å²) in [6, 6.07) is -0.654. The van der Waals surface area contributed by atoms with E-state index < -0.39 is 48.0 Å². The van der Waals surface area contributed by atoms with Gasteiger partial charge >= 0.3 is 0 Å². The predicted octanol–water partition coefficient (Wildman–Crippen LogP) is 2.61. The van der Waals surface area contributed by atoms with Crippen molar-refractivity contribution in [2.45, 2.75) is 24.8 Å².